The lowest BCUT2D eigenvalue weighted by Gasteiger charge is -2.49. The van der Waals surface area contributed by atoms with Gasteiger partial charge in [0.2, 0.25) is 0 Å². The van der Waals surface area contributed by atoms with E-state index < -0.39 is 119 Å². The van der Waals surface area contributed by atoms with Crippen molar-refractivity contribution < 1.29 is 83.3 Å². The Morgan fingerprint density at radius 2 is 1.45 bits per heavy atom. The Labute approximate surface area is 398 Å². The minimum absolute atomic E-state index is 0.0936. The van der Waals surface area contributed by atoms with Gasteiger partial charge in [0, 0.05) is 43.3 Å². The molecule has 3 saturated heterocycles. The molecule has 0 aromatic heterocycles. The number of unbranched alkanes of at least 4 members (excludes halogenated alkanes) is 6. The van der Waals surface area contributed by atoms with E-state index in [1.165, 1.54) is 27.9 Å². The Balaban J connectivity index is 0.000000817. The lowest BCUT2D eigenvalue weighted by atomic mass is 9.74. The van der Waals surface area contributed by atoms with Gasteiger partial charge < -0.3 is 78.7 Å². The maximum absolute atomic E-state index is 14.1. The summed E-state index contributed by atoms with van der Waals surface area (Å²) in [5.41, 5.74) is -4.84. The number of aliphatic carboxylic acids is 2. The molecule has 0 amide bonds. The van der Waals surface area contributed by atoms with Gasteiger partial charge in [-0.25, -0.2) is 0 Å². The monoisotopic (exact) mass is 960 g/mol. The molecule has 0 spiro atoms. The van der Waals surface area contributed by atoms with E-state index in [9.17, 15) is 54.9 Å². The van der Waals surface area contributed by atoms with E-state index in [-0.39, 0.29) is 37.8 Å². The number of esters is 1. The first-order chi connectivity index (χ1) is 31.1. The standard InChI is InChI=1S/C37H67NO13.C12H20O4/c1-14-25-37(10,45)30(41)20(4)27(39)18(2)16-35(8,44)32(51-34-28(40)24(38(11)12)15-19(3)47-34)21(5)29(22(6)33(43)49-25)50-26-17-36(9,46-13)31(42)23(7)48-26;13-11(14)9-7-5-3-1-2-4-6-8-10-12(15)16/h18-26,28-32,34,40-42,44-45H,14-17H2,1-13H3;7,9H,1-6,8,10H2,(H,13,14)(H,15,16)/p-2/b;9-7+/t18-,19-,20+,21+,22-,23+,24+,25-,26+,28-,29+,30-,31+,32-,34+,35-,36-,37-;/m1./s1. The highest BCUT2D eigenvalue weighted by Gasteiger charge is 2.53. The van der Waals surface area contributed by atoms with E-state index in [1.807, 2.05) is 25.9 Å². The van der Waals surface area contributed by atoms with Crippen LogP contribution in [-0.2, 0) is 47.6 Å². The SMILES string of the molecule is CC[C@H]1OC(=O)[C@H](C)[C@@H](O[C@H]2C[C@@](C)(OC)[C@@H](O)[C@H](C)O2)[C@H](C)[C@@H](O[C@@H]2O[C@H](C)C[C@H](N(C)C)[C@H]2O)[C@](C)(O)C[C@@H](C)C(=O)[C@H](C)[C@@H](O)[C@]1(C)O.O=C([O-])/C=C/CCCCCCCCC(=O)[O-]. The lowest BCUT2D eigenvalue weighted by molar-refractivity contribution is -0.318. The van der Waals surface area contributed by atoms with Crippen LogP contribution in [0.3, 0.4) is 0 Å². The number of allylic oxidation sites excluding steroid dienone is 1. The molecule has 3 aliphatic rings. The highest BCUT2D eigenvalue weighted by Crippen LogP contribution is 2.41. The molecule has 18 atom stereocenters. The summed E-state index contributed by atoms with van der Waals surface area (Å²) in [7, 11) is 5.18. The summed E-state index contributed by atoms with van der Waals surface area (Å²) in [4.78, 5) is 49.9. The van der Waals surface area contributed by atoms with Crippen LogP contribution in [0.2, 0.25) is 0 Å². The zero-order valence-corrected chi connectivity index (χ0v) is 42.4. The van der Waals surface area contributed by atoms with Crippen LogP contribution in [0.15, 0.2) is 12.2 Å². The third-order valence-corrected chi connectivity index (χ3v) is 14.1. The number of ether oxygens (including phenoxy) is 6. The van der Waals surface area contributed by atoms with Gasteiger partial charge >= 0.3 is 5.97 Å². The van der Waals surface area contributed by atoms with Crippen LogP contribution in [0.4, 0.5) is 0 Å². The van der Waals surface area contributed by atoms with Gasteiger partial charge in [0.15, 0.2) is 12.6 Å². The number of aliphatic hydroxyl groups excluding tert-OH is 3. The number of rotatable bonds is 17. The summed E-state index contributed by atoms with van der Waals surface area (Å²) in [6.07, 6.45) is -0.445. The molecule has 0 aliphatic carbocycles. The number of hydrogen-bond acceptors (Lipinski definition) is 18. The van der Waals surface area contributed by atoms with Crippen molar-refractivity contribution in [2.45, 2.75) is 231 Å². The fraction of sp³-hybridized carbons (Fsp3) is 0.878. The molecule has 67 heavy (non-hydrogen) atoms. The summed E-state index contributed by atoms with van der Waals surface area (Å²) in [5.74, 6) is -7.11. The van der Waals surface area contributed by atoms with Crippen molar-refractivity contribution in [3.05, 3.63) is 12.2 Å². The Bertz CT molecular complexity index is 1570. The van der Waals surface area contributed by atoms with Gasteiger partial charge in [-0.05, 0) is 107 Å². The molecule has 0 aromatic carbocycles. The minimum atomic E-state index is -1.99. The molecule has 0 bridgehead atoms. The van der Waals surface area contributed by atoms with Gasteiger partial charge in [-0.15, -0.1) is 0 Å². The summed E-state index contributed by atoms with van der Waals surface area (Å²) >= 11 is 0. The van der Waals surface area contributed by atoms with Crippen molar-refractivity contribution in [1.29, 1.82) is 0 Å². The van der Waals surface area contributed by atoms with Gasteiger partial charge in [-0.1, -0.05) is 59.5 Å². The number of carbonyl (C=O) groups excluding carboxylic acids is 4. The summed E-state index contributed by atoms with van der Waals surface area (Å²) < 4.78 is 37.1. The maximum Gasteiger partial charge on any atom is 0.311 e. The topological polar surface area (TPSA) is 274 Å². The third kappa shape index (κ3) is 17.3. The van der Waals surface area contributed by atoms with E-state index in [0.717, 1.165) is 44.6 Å². The van der Waals surface area contributed by atoms with Crippen molar-refractivity contribution in [1.82, 2.24) is 4.90 Å². The van der Waals surface area contributed by atoms with Crippen molar-refractivity contribution in [2.24, 2.45) is 23.7 Å². The molecule has 0 saturated carbocycles. The Morgan fingerprint density at radius 3 is 2.00 bits per heavy atom. The summed E-state index contributed by atoms with van der Waals surface area (Å²) in [5, 5.41) is 77.7. The maximum atomic E-state index is 14.1. The Morgan fingerprint density at radius 1 is 0.851 bits per heavy atom. The van der Waals surface area contributed by atoms with Crippen LogP contribution in [0, 0.1) is 23.7 Å². The highest BCUT2D eigenvalue weighted by atomic mass is 16.7. The summed E-state index contributed by atoms with van der Waals surface area (Å²) in [6, 6.07) is -0.324. The second-order valence-corrected chi connectivity index (χ2v) is 20.2. The van der Waals surface area contributed by atoms with Gasteiger partial charge in [-0.2, -0.15) is 0 Å². The average Bonchev–Trinajstić information content (AvgIpc) is 3.25. The van der Waals surface area contributed by atoms with E-state index >= 15 is 0 Å². The molecular formula is C49H85NO17-2. The van der Waals surface area contributed by atoms with Crippen LogP contribution < -0.4 is 10.2 Å². The number of aliphatic hydroxyl groups is 5. The molecule has 0 unspecified atom stereocenters. The number of ketones is 1. The van der Waals surface area contributed by atoms with Crippen LogP contribution in [0.5, 0.6) is 0 Å². The normalized spacial score (nSPS) is 40.4. The Hall–Kier alpha value is -2.62. The number of carboxylic acid groups (broad SMARTS) is 2. The van der Waals surface area contributed by atoms with Crippen molar-refractivity contribution in [3.8, 4) is 0 Å². The van der Waals surface area contributed by atoms with Crippen molar-refractivity contribution >= 4 is 23.7 Å². The number of methoxy groups -OCH3 is 1. The van der Waals surface area contributed by atoms with Crippen LogP contribution in [0.1, 0.15) is 146 Å². The van der Waals surface area contributed by atoms with Gasteiger partial charge in [-0.3, -0.25) is 9.59 Å². The van der Waals surface area contributed by atoms with Crippen LogP contribution >= 0.6 is 0 Å². The van der Waals surface area contributed by atoms with E-state index in [2.05, 4.69) is 0 Å². The van der Waals surface area contributed by atoms with Crippen LogP contribution in [-0.4, -0.2) is 160 Å². The lowest BCUT2D eigenvalue weighted by Crippen LogP contribution is -2.61. The molecule has 0 radical (unpaired) electrons. The smallest absolute Gasteiger partial charge is 0.311 e. The molecular weight excluding hydrogens is 875 g/mol. The van der Waals surface area contributed by atoms with E-state index in [4.69, 9.17) is 28.4 Å². The number of Topliss-reactive ketones (excluding diaryl/α,β-unsaturated/α-hetero) is 1. The van der Waals surface area contributed by atoms with Crippen LogP contribution in [0.25, 0.3) is 0 Å². The number of hydrogen-bond donors (Lipinski definition) is 5. The highest BCUT2D eigenvalue weighted by molar-refractivity contribution is 5.83. The number of cyclic esters (lactones) is 1. The molecule has 18 heteroatoms. The molecule has 0 aromatic rings. The molecule has 5 N–H and O–H groups in total. The number of carbonyl (C=O) groups is 4. The number of likely N-dealkylation sites (N-methyl/N-ethyl adjacent to an activating group) is 1. The predicted octanol–water partition coefficient (Wildman–Crippen LogP) is 1.95. The molecule has 3 aliphatic heterocycles. The first-order valence-electron chi connectivity index (χ1n) is 24.2. The minimum Gasteiger partial charge on any atom is -0.550 e. The fourth-order valence-corrected chi connectivity index (χ4v) is 9.83. The van der Waals surface area contributed by atoms with E-state index in [0.29, 0.717) is 12.8 Å². The molecule has 3 fully saturated rings. The molecule has 18 nitrogen and oxygen atoms in total. The largest absolute Gasteiger partial charge is 0.550 e. The molecule has 3 rings (SSSR count). The van der Waals surface area contributed by atoms with E-state index in [1.54, 1.807) is 47.6 Å². The molecule has 390 valence electrons. The zero-order valence-electron chi connectivity index (χ0n) is 42.4. The first-order valence-corrected chi connectivity index (χ1v) is 24.2. The van der Waals surface area contributed by atoms with Gasteiger partial charge in [0.25, 0.3) is 0 Å². The molecule has 3 heterocycles. The van der Waals surface area contributed by atoms with Gasteiger partial charge in [0.05, 0.1) is 53.6 Å². The quantitative estimate of drug-likeness (QED) is 0.0792. The number of carboxylic acids is 2. The van der Waals surface area contributed by atoms with Crippen molar-refractivity contribution in [3.63, 3.8) is 0 Å². The average molecular weight is 960 g/mol. The predicted molar refractivity (Wildman–Crippen MR) is 242 cm³/mol. The van der Waals surface area contributed by atoms with Crippen molar-refractivity contribution in [2.75, 3.05) is 21.2 Å². The zero-order chi connectivity index (χ0) is 51.2. The second kappa shape index (κ2) is 27.1. The second-order valence-electron chi connectivity index (χ2n) is 20.2. The number of nitrogens with zero attached hydrogens (tertiary/aromatic N) is 1. The van der Waals surface area contributed by atoms with Gasteiger partial charge in [0.1, 0.15) is 29.7 Å². The summed E-state index contributed by atoms with van der Waals surface area (Å²) in [6.45, 7) is 16.3. The first kappa shape index (κ1) is 60.5. The third-order valence-electron chi connectivity index (χ3n) is 14.1. The fourth-order valence-electron chi connectivity index (χ4n) is 9.83. The Kier molecular flexibility index (Phi) is 24.5.